The van der Waals surface area contributed by atoms with E-state index in [0.717, 1.165) is 18.7 Å². The largest absolute Gasteiger partial charge is 0.359 e. The number of anilines is 1. The van der Waals surface area contributed by atoms with Gasteiger partial charge in [0.25, 0.3) is 0 Å². The molecule has 1 unspecified atom stereocenters. The van der Waals surface area contributed by atoms with Crippen LogP contribution in [-0.4, -0.2) is 24.0 Å². The quantitative estimate of drug-likeness (QED) is 0.801. The summed E-state index contributed by atoms with van der Waals surface area (Å²) in [5.41, 5.74) is 2.52. The predicted octanol–water partition coefficient (Wildman–Crippen LogP) is 1.12. The summed E-state index contributed by atoms with van der Waals surface area (Å²) in [7, 11) is 1.64. The van der Waals surface area contributed by atoms with Crippen LogP contribution in [-0.2, 0) is 17.6 Å². The molecule has 1 atom stereocenters. The predicted molar refractivity (Wildman–Crippen MR) is 63.4 cm³/mol. The molecular formula is C12H17N3O. The van der Waals surface area contributed by atoms with Crippen LogP contribution in [0.2, 0.25) is 0 Å². The average molecular weight is 219 g/mol. The van der Waals surface area contributed by atoms with Gasteiger partial charge in [-0.25, -0.2) is 4.98 Å². The molecular weight excluding hydrogens is 202 g/mol. The Morgan fingerprint density at radius 3 is 3.00 bits per heavy atom. The first-order valence-corrected chi connectivity index (χ1v) is 5.67. The Bertz CT molecular complexity index is 403. The van der Waals surface area contributed by atoms with E-state index in [4.69, 9.17) is 0 Å². The van der Waals surface area contributed by atoms with E-state index in [1.54, 1.807) is 7.05 Å². The smallest absolute Gasteiger partial charge is 0.241 e. The second-order valence-corrected chi connectivity index (χ2v) is 4.14. The molecule has 0 aromatic carbocycles. The fourth-order valence-corrected chi connectivity index (χ4v) is 2.00. The molecule has 1 aromatic rings. The van der Waals surface area contributed by atoms with Crippen molar-refractivity contribution in [1.82, 2.24) is 10.3 Å². The Morgan fingerprint density at radius 1 is 1.44 bits per heavy atom. The van der Waals surface area contributed by atoms with Crippen LogP contribution in [0.3, 0.4) is 0 Å². The van der Waals surface area contributed by atoms with Crippen LogP contribution in [0.25, 0.3) is 0 Å². The minimum absolute atomic E-state index is 0.0256. The van der Waals surface area contributed by atoms with Crippen molar-refractivity contribution in [2.75, 3.05) is 12.4 Å². The summed E-state index contributed by atoms with van der Waals surface area (Å²) in [5, 5.41) is 5.71. The Hall–Kier alpha value is -1.58. The molecule has 0 saturated heterocycles. The van der Waals surface area contributed by atoms with Crippen LogP contribution in [0.4, 0.5) is 5.82 Å². The third-order valence-electron chi connectivity index (χ3n) is 2.93. The van der Waals surface area contributed by atoms with E-state index in [-0.39, 0.29) is 11.9 Å². The molecule has 1 aromatic heterocycles. The van der Waals surface area contributed by atoms with Crippen LogP contribution in [0.1, 0.15) is 24.6 Å². The van der Waals surface area contributed by atoms with Crippen LogP contribution in [0, 0.1) is 0 Å². The number of amides is 1. The number of pyridine rings is 1. The van der Waals surface area contributed by atoms with Crippen molar-refractivity contribution in [3.05, 3.63) is 23.4 Å². The first-order valence-electron chi connectivity index (χ1n) is 5.67. The molecule has 0 aliphatic heterocycles. The molecule has 16 heavy (non-hydrogen) atoms. The lowest BCUT2D eigenvalue weighted by Gasteiger charge is -2.13. The van der Waals surface area contributed by atoms with Gasteiger partial charge in [-0.05, 0) is 37.8 Å². The molecule has 86 valence electrons. The van der Waals surface area contributed by atoms with E-state index < -0.39 is 0 Å². The maximum absolute atomic E-state index is 11.3. The Balaban J connectivity index is 2.08. The van der Waals surface area contributed by atoms with Crippen LogP contribution < -0.4 is 10.6 Å². The zero-order chi connectivity index (χ0) is 11.5. The van der Waals surface area contributed by atoms with E-state index >= 15 is 0 Å². The van der Waals surface area contributed by atoms with Gasteiger partial charge in [-0.3, -0.25) is 4.79 Å². The maximum Gasteiger partial charge on any atom is 0.241 e. The number of aryl methyl sites for hydroxylation is 2. The van der Waals surface area contributed by atoms with E-state index in [1.807, 2.05) is 13.0 Å². The fourth-order valence-electron chi connectivity index (χ4n) is 2.00. The highest BCUT2D eigenvalue weighted by molar-refractivity contribution is 5.83. The van der Waals surface area contributed by atoms with E-state index in [0.29, 0.717) is 0 Å². The standard InChI is InChI=1S/C12H17N3O/c1-8(12(16)13-2)14-11-7-6-9-4-3-5-10(9)15-11/h6-8H,3-5H2,1-2H3,(H,13,16)(H,14,15). The lowest BCUT2D eigenvalue weighted by molar-refractivity contribution is -0.121. The second kappa shape index (κ2) is 4.51. The van der Waals surface area contributed by atoms with Gasteiger partial charge in [0.1, 0.15) is 11.9 Å². The number of likely N-dealkylation sites (N-methyl/N-ethyl adjacent to an activating group) is 1. The number of aromatic nitrogens is 1. The molecule has 0 spiro atoms. The van der Waals surface area contributed by atoms with Crippen molar-refractivity contribution < 1.29 is 4.79 Å². The Labute approximate surface area is 95.5 Å². The molecule has 4 nitrogen and oxygen atoms in total. The summed E-state index contributed by atoms with van der Waals surface area (Å²) < 4.78 is 0. The van der Waals surface area contributed by atoms with Gasteiger partial charge in [-0.2, -0.15) is 0 Å². The summed E-state index contributed by atoms with van der Waals surface area (Å²) >= 11 is 0. The minimum Gasteiger partial charge on any atom is -0.359 e. The van der Waals surface area contributed by atoms with E-state index in [2.05, 4.69) is 21.7 Å². The normalized spacial score (nSPS) is 15.4. The molecule has 1 aliphatic carbocycles. The number of carbonyl (C=O) groups excluding carboxylic acids is 1. The van der Waals surface area contributed by atoms with Crippen molar-refractivity contribution in [3.63, 3.8) is 0 Å². The Morgan fingerprint density at radius 2 is 2.25 bits per heavy atom. The number of hydrogen-bond acceptors (Lipinski definition) is 3. The minimum atomic E-state index is -0.253. The third-order valence-corrected chi connectivity index (χ3v) is 2.93. The van der Waals surface area contributed by atoms with Crippen molar-refractivity contribution in [1.29, 1.82) is 0 Å². The highest BCUT2D eigenvalue weighted by Crippen LogP contribution is 2.21. The van der Waals surface area contributed by atoms with Crippen molar-refractivity contribution in [3.8, 4) is 0 Å². The molecule has 0 saturated carbocycles. The maximum atomic E-state index is 11.3. The van der Waals surface area contributed by atoms with Gasteiger partial charge >= 0.3 is 0 Å². The summed E-state index contributed by atoms with van der Waals surface area (Å²) in [5.74, 6) is 0.763. The molecule has 2 rings (SSSR count). The van der Waals surface area contributed by atoms with Crippen LogP contribution in [0.5, 0.6) is 0 Å². The van der Waals surface area contributed by atoms with Gasteiger partial charge in [-0.15, -0.1) is 0 Å². The highest BCUT2D eigenvalue weighted by atomic mass is 16.2. The molecule has 2 N–H and O–H groups in total. The SMILES string of the molecule is CNC(=O)C(C)Nc1ccc2c(n1)CCC2. The van der Waals surface area contributed by atoms with Crippen molar-refractivity contribution >= 4 is 11.7 Å². The number of carbonyl (C=O) groups is 1. The van der Waals surface area contributed by atoms with E-state index in [1.165, 1.54) is 17.7 Å². The first-order chi connectivity index (χ1) is 7.70. The number of hydrogen-bond donors (Lipinski definition) is 2. The number of nitrogens with one attached hydrogen (secondary N) is 2. The monoisotopic (exact) mass is 219 g/mol. The number of nitrogens with zero attached hydrogens (tertiary/aromatic N) is 1. The Kier molecular flexibility index (Phi) is 3.08. The molecule has 0 radical (unpaired) electrons. The summed E-state index contributed by atoms with van der Waals surface area (Å²) in [6, 6.07) is 3.80. The lowest BCUT2D eigenvalue weighted by Crippen LogP contribution is -2.35. The molecule has 0 fully saturated rings. The van der Waals surface area contributed by atoms with Gasteiger partial charge < -0.3 is 10.6 Å². The third kappa shape index (κ3) is 2.15. The zero-order valence-corrected chi connectivity index (χ0v) is 9.71. The molecule has 1 amide bonds. The summed E-state index contributed by atoms with van der Waals surface area (Å²) in [6.45, 7) is 1.83. The van der Waals surface area contributed by atoms with Crippen LogP contribution in [0.15, 0.2) is 12.1 Å². The summed E-state index contributed by atoms with van der Waals surface area (Å²) in [6.07, 6.45) is 3.38. The van der Waals surface area contributed by atoms with Gasteiger partial charge in [0.2, 0.25) is 5.91 Å². The molecule has 4 heteroatoms. The fraction of sp³-hybridized carbons (Fsp3) is 0.500. The first kappa shape index (κ1) is 10.9. The summed E-state index contributed by atoms with van der Waals surface area (Å²) in [4.78, 5) is 15.9. The number of rotatable bonds is 3. The van der Waals surface area contributed by atoms with Gasteiger partial charge in [0, 0.05) is 12.7 Å². The molecule has 1 aliphatic rings. The zero-order valence-electron chi connectivity index (χ0n) is 9.71. The van der Waals surface area contributed by atoms with Gasteiger partial charge in [0.15, 0.2) is 0 Å². The lowest BCUT2D eigenvalue weighted by atomic mass is 10.2. The van der Waals surface area contributed by atoms with Crippen molar-refractivity contribution in [2.45, 2.75) is 32.2 Å². The van der Waals surface area contributed by atoms with Crippen molar-refractivity contribution in [2.24, 2.45) is 0 Å². The van der Waals surface area contributed by atoms with Gasteiger partial charge in [0.05, 0.1) is 0 Å². The van der Waals surface area contributed by atoms with E-state index in [9.17, 15) is 4.79 Å². The highest BCUT2D eigenvalue weighted by Gasteiger charge is 2.15. The number of fused-ring (bicyclic) bond motifs is 1. The molecule has 0 bridgehead atoms. The van der Waals surface area contributed by atoms with Crippen LogP contribution >= 0.6 is 0 Å². The molecule has 1 heterocycles. The second-order valence-electron chi connectivity index (χ2n) is 4.14. The topological polar surface area (TPSA) is 54.0 Å². The van der Waals surface area contributed by atoms with Gasteiger partial charge in [-0.1, -0.05) is 6.07 Å². The average Bonchev–Trinajstić information content (AvgIpc) is 2.75.